The fraction of sp³-hybridized carbons (Fsp3) is 0.200. The van der Waals surface area contributed by atoms with Crippen molar-refractivity contribution in [3.8, 4) is 0 Å². The molecule has 1 amide bonds. The molecule has 6 heteroatoms. The largest absolute Gasteiger partial charge is 0.311 e. The van der Waals surface area contributed by atoms with E-state index >= 15 is 0 Å². The summed E-state index contributed by atoms with van der Waals surface area (Å²) in [6, 6.07) is 17.1. The molecule has 4 rings (SSSR count). The number of carbonyl (C=O) groups is 1. The molecule has 26 heavy (non-hydrogen) atoms. The average Bonchev–Trinajstić information content (AvgIpc) is 3.32. The molecule has 1 aliphatic carbocycles. The average molecular weight is 386 g/mol. The summed E-state index contributed by atoms with van der Waals surface area (Å²) in [7, 11) is 0. The van der Waals surface area contributed by atoms with E-state index in [1.165, 1.54) is 0 Å². The molecular formula is C20H17Cl2N3O. The summed E-state index contributed by atoms with van der Waals surface area (Å²) in [4.78, 5) is 12.6. The third-order valence-corrected chi connectivity index (χ3v) is 5.24. The van der Waals surface area contributed by atoms with Crippen LogP contribution in [-0.4, -0.2) is 15.7 Å². The summed E-state index contributed by atoms with van der Waals surface area (Å²) >= 11 is 12.2. The third kappa shape index (κ3) is 3.62. The number of nitrogens with zero attached hydrogens (tertiary/aromatic N) is 2. The van der Waals surface area contributed by atoms with Crippen molar-refractivity contribution in [3.05, 3.63) is 82.0 Å². The van der Waals surface area contributed by atoms with Crippen LogP contribution < -0.4 is 5.32 Å². The van der Waals surface area contributed by atoms with Gasteiger partial charge in [-0.25, -0.2) is 4.68 Å². The summed E-state index contributed by atoms with van der Waals surface area (Å²) in [6.07, 6.45) is 2.50. The highest BCUT2D eigenvalue weighted by Gasteiger charge is 2.45. The standard InChI is InChI=1S/C20H17Cl2N3O/c21-14-7-5-13(6-8-14)12-25-19(9-10-23-25)24-20(26)17-11-16(17)15-3-1-2-4-18(15)22/h1-10,16-17H,11-12H2,(H,24,26). The normalized spacial score (nSPS) is 18.5. The van der Waals surface area contributed by atoms with Gasteiger partial charge in [-0.15, -0.1) is 0 Å². The van der Waals surface area contributed by atoms with Gasteiger partial charge >= 0.3 is 0 Å². The molecule has 0 bridgehead atoms. The second kappa shape index (κ2) is 7.14. The van der Waals surface area contributed by atoms with Crippen molar-refractivity contribution < 1.29 is 4.79 Å². The van der Waals surface area contributed by atoms with Gasteiger partial charge in [0.25, 0.3) is 0 Å². The predicted molar refractivity (Wildman–Crippen MR) is 104 cm³/mol. The van der Waals surface area contributed by atoms with Gasteiger partial charge in [0, 0.05) is 22.0 Å². The van der Waals surface area contributed by atoms with E-state index in [1.807, 2.05) is 48.5 Å². The Balaban J connectivity index is 1.42. The number of hydrogen-bond donors (Lipinski definition) is 1. The Labute approximate surface area is 161 Å². The van der Waals surface area contributed by atoms with Crippen molar-refractivity contribution in [2.24, 2.45) is 5.92 Å². The van der Waals surface area contributed by atoms with E-state index in [0.717, 1.165) is 22.6 Å². The smallest absolute Gasteiger partial charge is 0.229 e. The molecule has 1 aliphatic rings. The summed E-state index contributed by atoms with van der Waals surface area (Å²) in [6.45, 7) is 0.568. The lowest BCUT2D eigenvalue weighted by atomic mass is 10.1. The van der Waals surface area contributed by atoms with Crippen molar-refractivity contribution in [2.45, 2.75) is 18.9 Å². The Hall–Kier alpha value is -2.30. The summed E-state index contributed by atoms with van der Waals surface area (Å²) in [5.41, 5.74) is 2.11. The van der Waals surface area contributed by atoms with Crippen LogP contribution in [0.25, 0.3) is 0 Å². The van der Waals surface area contributed by atoms with Crippen LogP contribution >= 0.6 is 23.2 Å². The van der Waals surface area contributed by atoms with Crippen molar-refractivity contribution in [1.82, 2.24) is 9.78 Å². The summed E-state index contributed by atoms with van der Waals surface area (Å²) < 4.78 is 1.77. The molecule has 4 nitrogen and oxygen atoms in total. The minimum absolute atomic E-state index is 0.00720. The first kappa shape index (κ1) is 17.1. The van der Waals surface area contributed by atoms with Gasteiger partial charge in [-0.3, -0.25) is 4.79 Å². The van der Waals surface area contributed by atoms with E-state index in [9.17, 15) is 4.79 Å². The number of hydrogen-bond acceptors (Lipinski definition) is 2. The Morgan fingerprint density at radius 1 is 1.12 bits per heavy atom. The molecule has 1 saturated carbocycles. The molecular weight excluding hydrogens is 369 g/mol. The molecule has 1 heterocycles. The van der Waals surface area contributed by atoms with Crippen LogP contribution in [0.1, 0.15) is 23.5 Å². The van der Waals surface area contributed by atoms with Crippen LogP contribution in [0.2, 0.25) is 10.0 Å². The molecule has 1 N–H and O–H groups in total. The monoisotopic (exact) mass is 385 g/mol. The van der Waals surface area contributed by atoms with Gasteiger partial charge in [0.05, 0.1) is 12.7 Å². The predicted octanol–water partition coefficient (Wildman–Crippen LogP) is 4.98. The zero-order valence-electron chi connectivity index (χ0n) is 13.9. The lowest BCUT2D eigenvalue weighted by Crippen LogP contribution is -2.18. The van der Waals surface area contributed by atoms with Crippen LogP contribution in [0, 0.1) is 5.92 Å². The molecule has 0 saturated heterocycles. The van der Waals surface area contributed by atoms with E-state index in [2.05, 4.69) is 10.4 Å². The first-order chi connectivity index (χ1) is 12.6. The van der Waals surface area contributed by atoms with Gasteiger partial charge in [-0.2, -0.15) is 5.10 Å². The molecule has 0 radical (unpaired) electrons. The van der Waals surface area contributed by atoms with Gasteiger partial charge in [0.2, 0.25) is 5.91 Å². The zero-order valence-corrected chi connectivity index (χ0v) is 15.4. The van der Waals surface area contributed by atoms with E-state index in [0.29, 0.717) is 17.4 Å². The second-order valence-corrected chi connectivity index (χ2v) is 7.30. The Kier molecular flexibility index (Phi) is 4.70. The first-order valence-corrected chi connectivity index (χ1v) is 9.19. The number of amides is 1. The van der Waals surface area contributed by atoms with Crippen molar-refractivity contribution in [3.63, 3.8) is 0 Å². The van der Waals surface area contributed by atoms with E-state index in [1.54, 1.807) is 16.9 Å². The molecule has 0 aliphatic heterocycles. The molecule has 2 unspecified atom stereocenters. The number of benzene rings is 2. The van der Waals surface area contributed by atoms with Gasteiger partial charge in [-0.1, -0.05) is 53.5 Å². The Morgan fingerprint density at radius 2 is 1.88 bits per heavy atom. The molecule has 2 atom stereocenters. The maximum Gasteiger partial charge on any atom is 0.229 e. The summed E-state index contributed by atoms with van der Waals surface area (Å²) in [5.74, 6) is 0.840. The minimum atomic E-state index is -0.0474. The molecule has 0 spiro atoms. The Bertz CT molecular complexity index is 936. The molecule has 1 aromatic heterocycles. The van der Waals surface area contributed by atoms with E-state index in [-0.39, 0.29) is 17.7 Å². The van der Waals surface area contributed by atoms with Gasteiger partial charge in [-0.05, 0) is 41.7 Å². The molecule has 132 valence electrons. The summed E-state index contributed by atoms with van der Waals surface area (Å²) in [5, 5.41) is 8.72. The number of nitrogens with one attached hydrogen (secondary N) is 1. The van der Waals surface area contributed by atoms with Crippen molar-refractivity contribution in [2.75, 3.05) is 5.32 Å². The lowest BCUT2D eigenvalue weighted by Gasteiger charge is -2.09. The third-order valence-electron chi connectivity index (χ3n) is 4.65. The lowest BCUT2D eigenvalue weighted by molar-refractivity contribution is -0.117. The van der Waals surface area contributed by atoms with Crippen LogP contribution in [-0.2, 0) is 11.3 Å². The number of carbonyl (C=O) groups excluding carboxylic acids is 1. The highest BCUT2D eigenvalue weighted by molar-refractivity contribution is 6.31. The maximum atomic E-state index is 12.6. The number of rotatable bonds is 5. The molecule has 2 aromatic carbocycles. The fourth-order valence-corrected chi connectivity index (χ4v) is 3.55. The molecule has 3 aromatic rings. The van der Waals surface area contributed by atoms with Gasteiger partial charge in [0.15, 0.2) is 0 Å². The highest BCUT2D eigenvalue weighted by Crippen LogP contribution is 2.49. The quantitative estimate of drug-likeness (QED) is 0.672. The maximum absolute atomic E-state index is 12.6. The van der Waals surface area contributed by atoms with Crippen molar-refractivity contribution >= 4 is 34.9 Å². The second-order valence-electron chi connectivity index (χ2n) is 6.46. The Morgan fingerprint density at radius 3 is 2.65 bits per heavy atom. The highest BCUT2D eigenvalue weighted by atomic mass is 35.5. The SMILES string of the molecule is O=C(Nc1ccnn1Cc1ccc(Cl)cc1)C1CC1c1ccccc1Cl. The van der Waals surface area contributed by atoms with Gasteiger partial charge in [0.1, 0.15) is 5.82 Å². The fourth-order valence-electron chi connectivity index (χ4n) is 3.15. The van der Waals surface area contributed by atoms with E-state index in [4.69, 9.17) is 23.2 Å². The van der Waals surface area contributed by atoms with Crippen LogP contribution in [0.4, 0.5) is 5.82 Å². The van der Waals surface area contributed by atoms with Crippen LogP contribution in [0.3, 0.4) is 0 Å². The number of anilines is 1. The topological polar surface area (TPSA) is 46.9 Å². The van der Waals surface area contributed by atoms with Crippen LogP contribution in [0.5, 0.6) is 0 Å². The number of halogens is 2. The zero-order chi connectivity index (χ0) is 18.1. The van der Waals surface area contributed by atoms with Crippen LogP contribution in [0.15, 0.2) is 60.8 Å². The molecule has 1 fully saturated rings. The van der Waals surface area contributed by atoms with Crippen molar-refractivity contribution in [1.29, 1.82) is 0 Å². The first-order valence-electron chi connectivity index (χ1n) is 8.43. The van der Waals surface area contributed by atoms with E-state index < -0.39 is 0 Å². The minimum Gasteiger partial charge on any atom is -0.311 e. The van der Waals surface area contributed by atoms with Gasteiger partial charge < -0.3 is 5.32 Å². The number of aromatic nitrogens is 2.